The van der Waals surface area contributed by atoms with Gasteiger partial charge in [-0.2, -0.15) is 4.98 Å². The lowest BCUT2D eigenvalue weighted by molar-refractivity contribution is -0.122. The van der Waals surface area contributed by atoms with Gasteiger partial charge < -0.3 is 14.2 Å². The molecular formula is C16H18N4O4. The van der Waals surface area contributed by atoms with Crippen LogP contribution in [0.2, 0.25) is 0 Å². The third-order valence-corrected chi connectivity index (χ3v) is 3.88. The lowest BCUT2D eigenvalue weighted by Crippen LogP contribution is -2.28. The minimum atomic E-state index is -0.491. The van der Waals surface area contributed by atoms with Gasteiger partial charge in [-0.3, -0.25) is 14.9 Å². The van der Waals surface area contributed by atoms with Crippen molar-refractivity contribution < 1.29 is 18.8 Å². The molecule has 1 fully saturated rings. The maximum Gasteiger partial charge on any atom is 0.328 e. The number of benzene rings is 1. The number of nitrogens with one attached hydrogen (secondary N) is 1. The summed E-state index contributed by atoms with van der Waals surface area (Å²) in [6, 6.07) is 5.63. The van der Waals surface area contributed by atoms with E-state index in [9.17, 15) is 9.59 Å². The number of amides is 2. The van der Waals surface area contributed by atoms with Crippen LogP contribution in [0, 0.1) is 19.8 Å². The van der Waals surface area contributed by atoms with E-state index in [1.54, 1.807) is 18.9 Å². The zero-order chi connectivity index (χ0) is 17.3. The molecule has 2 heterocycles. The SMILES string of the molecule is COc1ccc(C)cc1N1C[C@@H](C(=O)Nc2nc(C)no2)CC1=O. The van der Waals surface area contributed by atoms with E-state index in [0.29, 0.717) is 17.3 Å². The Morgan fingerprint density at radius 1 is 1.42 bits per heavy atom. The van der Waals surface area contributed by atoms with Crippen molar-refractivity contribution in [1.29, 1.82) is 0 Å². The van der Waals surface area contributed by atoms with Crippen LogP contribution in [0.1, 0.15) is 17.8 Å². The molecule has 1 aromatic carbocycles. The summed E-state index contributed by atoms with van der Waals surface area (Å²) in [5.41, 5.74) is 1.68. The number of hydrogen-bond acceptors (Lipinski definition) is 6. The van der Waals surface area contributed by atoms with E-state index in [-0.39, 0.29) is 30.8 Å². The Morgan fingerprint density at radius 2 is 2.21 bits per heavy atom. The molecule has 2 amide bonds. The fourth-order valence-electron chi connectivity index (χ4n) is 2.68. The van der Waals surface area contributed by atoms with Gasteiger partial charge in [-0.25, -0.2) is 0 Å². The molecule has 1 aromatic heterocycles. The minimum absolute atomic E-state index is 0.0385. The number of aryl methyl sites for hydroxylation is 2. The number of carbonyl (C=O) groups is 2. The quantitative estimate of drug-likeness (QED) is 0.916. The van der Waals surface area contributed by atoms with Crippen LogP contribution >= 0.6 is 0 Å². The predicted molar refractivity (Wildman–Crippen MR) is 85.9 cm³/mol. The van der Waals surface area contributed by atoms with Crippen LogP contribution < -0.4 is 15.0 Å². The lowest BCUT2D eigenvalue weighted by Gasteiger charge is -2.20. The summed E-state index contributed by atoms with van der Waals surface area (Å²) >= 11 is 0. The first-order chi connectivity index (χ1) is 11.5. The molecule has 24 heavy (non-hydrogen) atoms. The first kappa shape index (κ1) is 16.0. The normalized spacial score (nSPS) is 17.2. The van der Waals surface area contributed by atoms with Crippen LogP contribution in [-0.4, -0.2) is 35.6 Å². The summed E-state index contributed by atoms with van der Waals surface area (Å²) in [5.74, 6) is 0.0956. The van der Waals surface area contributed by atoms with Crippen LogP contribution in [-0.2, 0) is 9.59 Å². The van der Waals surface area contributed by atoms with Crippen molar-refractivity contribution in [2.45, 2.75) is 20.3 Å². The van der Waals surface area contributed by atoms with Gasteiger partial charge in [0.25, 0.3) is 0 Å². The monoisotopic (exact) mass is 330 g/mol. The smallest absolute Gasteiger partial charge is 0.328 e. The number of rotatable bonds is 4. The Morgan fingerprint density at radius 3 is 2.88 bits per heavy atom. The summed E-state index contributed by atoms with van der Waals surface area (Å²) < 4.78 is 10.2. The van der Waals surface area contributed by atoms with Gasteiger partial charge >= 0.3 is 6.01 Å². The van der Waals surface area contributed by atoms with E-state index in [1.807, 2.05) is 25.1 Å². The highest BCUT2D eigenvalue weighted by atomic mass is 16.5. The number of hydrogen-bond donors (Lipinski definition) is 1. The zero-order valence-electron chi connectivity index (χ0n) is 13.7. The highest BCUT2D eigenvalue weighted by molar-refractivity contribution is 6.03. The molecule has 3 rings (SSSR count). The molecule has 1 saturated heterocycles. The summed E-state index contributed by atoms with van der Waals surface area (Å²) in [7, 11) is 1.55. The number of anilines is 2. The molecule has 1 aliphatic heterocycles. The van der Waals surface area contributed by atoms with Gasteiger partial charge in [-0.15, -0.1) is 0 Å². The third-order valence-electron chi connectivity index (χ3n) is 3.88. The molecule has 1 N–H and O–H groups in total. The molecule has 1 aliphatic rings. The number of ether oxygens (including phenoxy) is 1. The van der Waals surface area contributed by atoms with Crippen molar-refractivity contribution in [3.63, 3.8) is 0 Å². The molecule has 0 spiro atoms. The molecule has 0 aliphatic carbocycles. The molecule has 8 nitrogen and oxygen atoms in total. The highest BCUT2D eigenvalue weighted by Gasteiger charge is 2.36. The van der Waals surface area contributed by atoms with E-state index in [4.69, 9.17) is 9.26 Å². The van der Waals surface area contributed by atoms with E-state index < -0.39 is 5.92 Å². The Hall–Kier alpha value is -2.90. The Kier molecular flexibility index (Phi) is 4.20. The Labute approximate surface area is 138 Å². The van der Waals surface area contributed by atoms with Crippen molar-refractivity contribution in [2.24, 2.45) is 5.92 Å². The summed E-state index contributed by atoms with van der Waals surface area (Å²) in [6.07, 6.45) is 0.121. The van der Waals surface area contributed by atoms with Gasteiger partial charge in [-0.1, -0.05) is 11.2 Å². The van der Waals surface area contributed by atoms with Gasteiger partial charge in [-0.05, 0) is 31.5 Å². The van der Waals surface area contributed by atoms with E-state index in [0.717, 1.165) is 5.56 Å². The van der Waals surface area contributed by atoms with E-state index in [1.165, 1.54) is 0 Å². The topological polar surface area (TPSA) is 97.6 Å². The third kappa shape index (κ3) is 3.08. The van der Waals surface area contributed by atoms with Gasteiger partial charge in [0, 0.05) is 13.0 Å². The molecule has 126 valence electrons. The van der Waals surface area contributed by atoms with Crippen LogP contribution in [0.5, 0.6) is 5.75 Å². The van der Waals surface area contributed by atoms with Crippen molar-refractivity contribution >= 4 is 23.5 Å². The first-order valence-corrected chi connectivity index (χ1v) is 7.54. The average Bonchev–Trinajstić information content (AvgIpc) is 3.13. The Balaban J connectivity index is 1.76. The second-order valence-corrected chi connectivity index (χ2v) is 5.72. The molecular weight excluding hydrogens is 312 g/mol. The van der Waals surface area contributed by atoms with Crippen molar-refractivity contribution in [1.82, 2.24) is 10.1 Å². The molecule has 1 atom stereocenters. The minimum Gasteiger partial charge on any atom is -0.495 e. The largest absolute Gasteiger partial charge is 0.495 e. The van der Waals surface area contributed by atoms with Crippen molar-refractivity contribution in [2.75, 3.05) is 23.9 Å². The molecule has 0 unspecified atom stereocenters. The summed E-state index contributed by atoms with van der Waals surface area (Å²) in [6.45, 7) is 3.87. The van der Waals surface area contributed by atoms with Gasteiger partial charge in [0.2, 0.25) is 11.8 Å². The number of methoxy groups -OCH3 is 1. The zero-order valence-corrected chi connectivity index (χ0v) is 13.7. The van der Waals surface area contributed by atoms with E-state index in [2.05, 4.69) is 15.5 Å². The van der Waals surface area contributed by atoms with Crippen LogP contribution in [0.25, 0.3) is 0 Å². The fraction of sp³-hybridized carbons (Fsp3) is 0.375. The van der Waals surface area contributed by atoms with Crippen LogP contribution in [0.3, 0.4) is 0 Å². The summed E-state index contributed by atoms with van der Waals surface area (Å²) in [4.78, 5) is 30.2. The van der Waals surface area contributed by atoms with Gasteiger partial charge in [0.15, 0.2) is 5.82 Å². The molecule has 8 heteroatoms. The second kappa shape index (κ2) is 6.31. The first-order valence-electron chi connectivity index (χ1n) is 7.54. The molecule has 0 bridgehead atoms. The molecule has 0 saturated carbocycles. The average molecular weight is 330 g/mol. The molecule has 2 aromatic rings. The van der Waals surface area contributed by atoms with E-state index >= 15 is 0 Å². The van der Waals surface area contributed by atoms with Crippen LogP contribution in [0.15, 0.2) is 22.7 Å². The number of carbonyl (C=O) groups excluding carboxylic acids is 2. The maximum atomic E-state index is 12.4. The predicted octanol–water partition coefficient (Wildman–Crippen LogP) is 1.69. The van der Waals surface area contributed by atoms with Crippen LogP contribution in [0.4, 0.5) is 11.7 Å². The summed E-state index contributed by atoms with van der Waals surface area (Å²) in [5, 5.41) is 6.16. The fourth-order valence-corrected chi connectivity index (χ4v) is 2.68. The van der Waals surface area contributed by atoms with Crippen molar-refractivity contribution in [3.8, 4) is 5.75 Å². The molecule has 0 radical (unpaired) electrons. The maximum absolute atomic E-state index is 12.4. The second-order valence-electron chi connectivity index (χ2n) is 5.72. The van der Waals surface area contributed by atoms with Crippen molar-refractivity contribution in [3.05, 3.63) is 29.6 Å². The number of aromatic nitrogens is 2. The van der Waals surface area contributed by atoms with Gasteiger partial charge in [0.05, 0.1) is 18.7 Å². The highest BCUT2D eigenvalue weighted by Crippen LogP contribution is 2.34. The van der Waals surface area contributed by atoms with Gasteiger partial charge in [0.1, 0.15) is 5.75 Å². The number of nitrogens with zero attached hydrogens (tertiary/aromatic N) is 3. The standard InChI is InChI=1S/C16H18N4O4/c1-9-4-5-13(23-3)12(6-9)20-8-11(7-14(20)21)15(22)18-16-17-10(2)19-24-16/h4-6,11H,7-8H2,1-3H3,(H,17,18,19,22)/t11-/m0/s1. The Bertz CT molecular complexity index is 786. The lowest BCUT2D eigenvalue weighted by atomic mass is 10.1.